The predicted molar refractivity (Wildman–Crippen MR) is 60.5 cm³/mol. The molecule has 1 saturated heterocycles. The largest absolute Gasteiger partial charge is 0.394 e. The van der Waals surface area contributed by atoms with Crippen molar-refractivity contribution in [2.24, 2.45) is 0 Å². The molecule has 0 amide bonds. The van der Waals surface area contributed by atoms with Gasteiger partial charge in [-0.2, -0.15) is 0 Å². The van der Waals surface area contributed by atoms with Crippen LogP contribution in [0, 0.1) is 0 Å². The zero-order chi connectivity index (χ0) is 10.6. The molecule has 0 saturated carbocycles. The highest BCUT2D eigenvalue weighted by atomic mass is 16.5. The maximum Gasteiger partial charge on any atom is 0.0806 e. The molecule has 1 unspecified atom stereocenters. The Kier molecular flexibility index (Phi) is 10.9. The topological polar surface area (TPSA) is 29.5 Å². The maximum absolute atomic E-state index is 8.44. The monoisotopic (exact) mass is 202 g/mol. The van der Waals surface area contributed by atoms with Crippen LogP contribution in [-0.2, 0) is 4.74 Å². The van der Waals surface area contributed by atoms with Gasteiger partial charge in [-0.25, -0.2) is 0 Å². The summed E-state index contributed by atoms with van der Waals surface area (Å²) in [5.74, 6) is 0. The lowest BCUT2D eigenvalue weighted by molar-refractivity contribution is 0.0591. The van der Waals surface area contributed by atoms with Crippen molar-refractivity contribution in [1.29, 1.82) is 0 Å². The molecule has 0 spiro atoms. The Morgan fingerprint density at radius 3 is 2.07 bits per heavy atom. The van der Waals surface area contributed by atoms with Gasteiger partial charge < -0.3 is 9.84 Å². The van der Waals surface area contributed by atoms with Gasteiger partial charge in [0.05, 0.1) is 12.7 Å². The molecule has 1 heterocycles. The summed E-state index contributed by atoms with van der Waals surface area (Å²) < 4.78 is 5.05. The zero-order valence-corrected chi connectivity index (χ0v) is 9.80. The lowest BCUT2D eigenvalue weighted by Crippen LogP contribution is -2.09. The Balaban J connectivity index is 0.000000241. The fourth-order valence-electron chi connectivity index (χ4n) is 1.47. The molecule has 1 fully saturated rings. The van der Waals surface area contributed by atoms with Gasteiger partial charge in [0.2, 0.25) is 0 Å². The predicted octanol–water partition coefficient (Wildman–Crippen LogP) is 3.13. The molecule has 86 valence electrons. The molecule has 0 bridgehead atoms. The minimum atomic E-state index is 0.153. The summed E-state index contributed by atoms with van der Waals surface area (Å²) in [6.45, 7) is 5.52. The van der Waals surface area contributed by atoms with Crippen molar-refractivity contribution < 1.29 is 9.84 Å². The molecule has 1 aliphatic rings. The highest BCUT2D eigenvalue weighted by Gasteiger charge is 2.12. The summed E-state index contributed by atoms with van der Waals surface area (Å²) in [6.07, 6.45) is 9.32. The molecular formula is C12H26O2. The van der Waals surface area contributed by atoms with E-state index in [2.05, 4.69) is 13.8 Å². The molecule has 1 aliphatic heterocycles. The van der Waals surface area contributed by atoms with E-state index in [0.29, 0.717) is 0 Å². The minimum absolute atomic E-state index is 0.153. The molecule has 0 aromatic heterocycles. The van der Waals surface area contributed by atoms with E-state index in [0.717, 1.165) is 19.4 Å². The van der Waals surface area contributed by atoms with Crippen LogP contribution in [0.4, 0.5) is 0 Å². The summed E-state index contributed by atoms with van der Waals surface area (Å²) in [4.78, 5) is 0. The molecule has 0 aromatic rings. The molecule has 0 aromatic carbocycles. The number of aliphatic hydroxyl groups is 1. The first kappa shape index (κ1) is 13.9. The van der Waals surface area contributed by atoms with Gasteiger partial charge in [0.25, 0.3) is 0 Å². The molecule has 14 heavy (non-hydrogen) atoms. The highest BCUT2D eigenvalue weighted by molar-refractivity contribution is 4.61. The Morgan fingerprint density at radius 1 is 1.14 bits per heavy atom. The van der Waals surface area contributed by atoms with Crippen molar-refractivity contribution in [2.75, 3.05) is 13.2 Å². The lowest BCUT2D eigenvalue weighted by atomic mass is 10.2. The number of rotatable bonds is 5. The van der Waals surface area contributed by atoms with E-state index in [-0.39, 0.29) is 12.7 Å². The van der Waals surface area contributed by atoms with Crippen LogP contribution in [0.15, 0.2) is 0 Å². The smallest absolute Gasteiger partial charge is 0.0806 e. The first-order chi connectivity index (χ1) is 6.85. The average molecular weight is 202 g/mol. The van der Waals surface area contributed by atoms with Crippen LogP contribution in [0.2, 0.25) is 0 Å². The van der Waals surface area contributed by atoms with Crippen LogP contribution < -0.4 is 0 Å². The second kappa shape index (κ2) is 11.0. The van der Waals surface area contributed by atoms with Gasteiger partial charge in [-0.05, 0) is 12.8 Å². The molecule has 1 atom stereocenters. The summed E-state index contributed by atoms with van der Waals surface area (Å²) in [7, 11) is 0. The van der Waals surface area contributed by atoms with Gasteiger partial charge in [0, 0.05) is 6.61 Å². The van der Waals surface area contributed by atoms with Crippen molar-refractivity contribution in [3.63, 3.8) is 0 Å². The summed E-state index contributed by atoms with van der Waals surface area (Å²) >= 11 is 0. The van der Waals surface area contributed by atoms with E-state index in [1.165, 1.54) is 32.1 Å². The van der Waals surface area contributed by atoms with E-state index in [1.54, 1.807) is 0 Å². The minimum Gasteiger partial charge on any atom is -0.394 e. The molecule has 0 aliphatic carbocycles. The van der Waals surface area contributed by atoms with E-state index in [4.69, 9.17) is 9.84 Å². The third-order valence-electron chi connectivity index (χ3n) is 2.43. The van der Waals surface area contributed by atoms with Crippen LogP contribution in [0.3, 0.4) is 0 Å². The molecule has 0 radical (unpaired) electrons. The quantitative estimate of drug-likeness (QED) is 0.694. The van der Waals surface area contributed by atoms with Gasteiger partial charge >= 0.3 is 0 Å². The number of unbranched alkanes of at least 4 members (excludes halogenated alkanes) is 4. The van der Waals surface area contributed by atoms with Crippen molar-refractivity contribution in [1.82, 2.24) is 0 Å². The van der Waals surface area contributed by atoms with Crippen LogP contribution in [0.25, 0.3) is 0 Å². The second-order valence-electron chi connectivity index (χ2n) is 3.88. The number of ether oxygens (including phenoxy) is 1. The van der Waals surface area contributed by atoms with E-state index in [1.807, 2.05) is 0 Å². The van der Waals surface area contributed by atoms with Crippen LogP contribution >= 0.6 is 0 Å². The van der Waals surface area contributed by atoms with Crippen molar-refractivity contribution >= 4 is 0 Å². The molecule has 1 N–H and O–H groups in total. The Labute approximate surface area is 88.7 Å². The van der Waals surface area contributed by atoms with Crippen molar-refractivity contribution in [3.05, 3.63) is 0 Å². The number of hydrogen-bond donors (Lipinski definition) is 1. The fraction of sp³-hybridized carbons (Fsp3) is 1.00. The first-order valence-electron chi connectivity index (χ1n) is 6.07. The van der Waals surface area contributed by atoms with Gasteiger partial charge in [0.1, 0.15) is 0 Å². The van der Waals surface area contributed by atoms with Gasteiger partial charge in [-0.15, -0.1) is 0 Å². The molecule has 1 rings (SSSR count). The van der Waals surface area contributed by atoms with E-state index in [9.17, 15) is 0 Å². The lowest BCUT2D eigenvalue weighted by Gasteiger charge is -2.00. The SMILES string of the molecule is CCCCCCC.OCC1CCCO1. The molecule has 2 nitrogen and oxygen atoms in total. The van der Waals surface area contributed by atoms with Gasteiger partial charge in [-0.1, -0.05) is 46.0 Å². The Morgan fingerprint density at radius 2 is 1.79 bits per heavy atom. The molecule has 2 heteroatoms. The van der Waals surface area contributed by atoms with E-state index >= 15 is 0 Å². The van der Waals surface area contributed by atoms with Gasteiger partial charge in [0.15, 0.2) is 0 Å². The fourth-order valence-corrected chi connectivity index (χ4v) is 1.47. The Hall–Kier alpha value is -0.0800. The Bertz CT molecular complexity index is 94.5. The summed E-state index contributed by atoms with van der Waals surface area (Å²) in [5, 5.41) is 8.44. The average Bonchev–Trinajstić information content (AvgIpc) is 2.72. The first-order valence-corrected chi connectivity index (χ1v) is 6.07. The third kappa shape index (κ3) is 8.52. The summed E-state index contributed by atoms with van der Waals surface area (Å²) in [5.41, 5.74) is 0. The highest BCUT2D eigenvalue weighted by Crippen LogP contribution is 2.09. The number of hydrogen-bond acceptors (Lipinski definition) is 2. The van der Waals surface area contributed by atoms with Crippen molar-refractivity contribution in [3.8, 4) is 0 Å². The second-order valence-corrected chi connectivity index (χ2v) is 3.88. The van der Waals surface area contributed by atoms with Gasteiger partial charge in [-0.3, -0.25) is 0 Å². The third-order valence-corrected chi connectivity index (χ3v) is 2.43. The standard InChI is InChI=1S/C7H16.C5H10O2/c1-3-5-7-6-4-2;6-4-5-2-1-3-7-5/h3-7H2,1-2H3;5-6H,1-4H2. The molecular weight excluding hydrogens is 176 g/mol. The normalized spacial score (nSPS) is 20.4. The summed E-state index contributed by atoms with van der Waals surface area (Å²) in [6, 6.07) is 0. The van der Waals surface area contributed by atoms with E-state index < -0.39 is 0 Å². The zero-order valence-electron chi connectivity index (χ0n) is 9.80. The van der Waals surface area contributed by atoms with Crippen LogP contribution in [-0.4, -0.2) is 24.4 Å². The maximum atomic E-state index is 8.44. The van der Waals surface area contributed by atoms with Crippen LogP contribution in [0.1, 0.15) is 58.8 Å². The van der Waals surface area contributed by atoms with Crippen molar-refractivity contribution in [2.45, 2.75) is 64.9 Å². The number of aliphatic hydroxyl groups excluding tert-OH is 1. The van der Waals surface area contributed by atoms with Crippen LogP contribution in [0.5, 0.6) is 0 Å².